The third-order valence-corrected chi connectivity index (χ3v) is 2.54. The molecule has 0 saturated carbocycles. The van der Waals surface area contributed by atoms with Crippen LogP contribution in [0.15, 0.2) is 33.6 Å². The minimum atomic E-state index is -0.0829. The van der Waals surface area contributed by atoms with Crippen LogP contribution in [0.5, 0.6) is 0 Å². The zero-order chi connectivity index (χ0) is 11.7. The van der Waals surface area contributed by atoms with Gasteiger partial charge in [-0.2, -0.15) is 0 Å². The third kappa shape index (κ3) is 2.20. The first-order valence-corrected chi connectivity index (χ1v) is 5.45. The molecule has 0 radical (unpaired) electrons. The van der Waals surface area contributed by atoms with E-state index in [1.54, 1.807) is 30.5 Å². The van der Waals surface area contributed by atoms with E-state index in [0.29, 0.717) is 5.69 Å². The second-order valence-electron chi connectivity index (χ2n) is 3.50. The smallest absolute Gasteiger partial charge is 0.274 e. The van der Waals surface area contributed by atoms with Crippen LogP contribution in [0.3, 0.4) is 0 Å². The van der Waals surface area contributed by atoms with E-state index in [0.717, 1.165) is 10.3 Å². The molecule has 0 spiro atoms. The Hall–Kier alpha value is -1.47. The first kappa shape index (κ1) is 11.0. The van der Waals surface area contributed by atoms with E-state index in [1.165, 1.54) is 4.57 Å². The molecular weight excluding hydrogens is 274 g/mol. The Labute approximate surface area is 101 Å². The predicted molar refractivity (Wildman–Crippen MR) is 65.1 cm³/mol. The van der Waals surface area contributed by atoms with Crippen LogP contribution in [-0.2, 0) is 7.05 Å². The highest BCUT2D eigenvalue weighted by Gasteiger charge is 2.09. The van der Waals surface area contributed by atoms with Crippen LogP contribution in [0.25, 0.3) is 0 Å². The van der Waals surface area contributed by atoms with Gasteiger partial charge in [-0.05, 0) is 22.0 Å². The molecule has 1 aromatic heterocycles. The molecule has 2 rings (SSSR count). The predicted octanol–water partition coefficient (Wildman–Crippen LogP) is 0.313. The summed E-state index contributed by atoms with van der Waals surface area (Å²) < 4.78 is 2.36. The summed E-state index contributed by atoms with van der Waals surface area (Å²) in [5, 5.41) is 4.74. The minimum absolute atomic E-state index is 0.0829. The van der Waals surface area contributed by atoms with Crippen molar-refractivity contribution in [3.8, 4) is 0 Å². The molecule has 0 amide bonds. The van der Waals surface area contributed by atoms with E-state index in [9.17, 15) is 4.79 Å². The Bertz CT molecular complexity index is 495. The fraction of sp³-hybridized carbons (Fsp3) is 0.222. The number of halogens is 1. The Morgan fingerprint density at radius 1 is 1.44 bits per heavy atom. The highest BCUT2D eigenvalue weighted by Crippen LogP contribution is 2.13. The van der Waals surface area contributed by atoms with E-state index in [1.807, 2.05) is 7.05 Å². The van der Waals surface area contributed by atoms with Crippen LogP contribution in [0.2, 0.25) is 0 Å². The summed E-state index contributed by atoms with van der Waals surface area (Å²) in [5.74, 6) is 0.720. The second kappa shape index (κ2) is 4.18. The normalized spacial score (nSPS) is 14.7. The molecule has 2 heterocycles. The summed E-state index contributed by atoms with van der Waals surface area (Å²) >= 11 is 3.34. The van der Waals surface area contributed by atoms with Crippen molar-refractivity contribution >= 4 is 21.6 Å². The fourth-order valence-electron chi connectivity index (χ4n) is 1.38. The van der Waals surface area contributed by atoms with Crippen molar-refractivity contribution in [3.05, 3.63) is 39.1 Å². The van der Waals surface area contributed by atoms with Crippen molar-refractivity contribution in [2.45, 2.75) is 0 Å². The topological polar surface area (TPSA) is 61.3 Å². The number of aryl methyl sites for hydroxylation is 1. The Balaban J connectivity index is 2.28. The van der Waals surface area contributed by atoms with Crippen LogP contribution in [0.1, 0.15) is 0 Å². The molecule has 16 heavy (non-hydrogen) atoms. The van der Waals surface area contributed by atoms with Gasteiger partial charge < -0.3 is 9.88 Å². The molecule has 1 aliphatic heterocycles. The maximum absolute atomic E-state index is 11.8. The molecule has 1 aromatic rings. The number of pyridine rings is 1. The highest BCUT2D eigenvalue weighted by atomic mass is 79.9. The summed E-state index contributed by atoms with van der Waals surface area (Å²) in [7, 11) is 3.56. The zero-order valence-corrected chi connectivity index (χ0v) is 10.5. The zero-order valence-electron chi connectivity index (χ0n) is 8.91. The molecule has 0 aromatic carbocycles. The number of rotatable bonds is 2. The standard InChI is InChI=1S/C9H12BrN5O/c1-14-4-6(10)3-7(9(14)16)11-8-5-15(2)13-12-8/h3-5,11-13H,1-2H3. The highest BCUT2D eigenvalue weighted by molar-refractivity contribution is 9.10. The molecule has 0 saturated heterocycles. The lowest BCUT2D eigenvalue weighted by molar-refractivity contribution is 0.327. The number of hydrogen-bond acceptors (Lipinski definition) is 5. The van der Waals surface area contributed by atoms with Gasteiger partial charge in [0.05, 0.1) is 6.20 Å². The number of anilines is 1. The number of aromatic nitrogens is 1. The monoisotopic (exact) mass is 285 g/mol. The minimum Gasteiger partial charge on any atom is -0.335 e. The van der Waals surface area contributed by atoms with Gasteiger partial charge in [-0.3, -0.25) is 15.2 Å². The van der Waals surface area contributed by atoms with Crippen LogP contribution < -0.4 is 21.8 Å². The van der Waals surface area contributed by atoms with Crippen molar-refractivity contribution < 1.29 is 0 Å². The maximum Gasteiger partial charge on any atom is 0.274 e. The summed E-state index contributed by atoms with van der Waals surface area (Å²) in [6.07, 6.45) is 3.52. The van der Waals surface area contributed by atoms with Gasteiger partial charge >= 0.3 is 0 Å². The van der Waals surface area contributed by atoms with Crippen molar-refractivity contribution in [1.29, 1.82) is 0 Å². The molecule has 1 aliphatic rings. The molecule has 0 fully saturated rings. The number of hydrogen-bond donors (Lipinski definition) is 3. The Morgan fingerprint density at radius 3 is 2.81 bits per heavy atom. The van der Waals surface area contributed by atoms with Crippen molar-refractivity contribution in [2.75, 3.05) is 12.4 Å². The summed E-state index contributed by atoms with van der Waals surface area (Å²) in [6.45, 7) is 0. The fourth-order valence-corrected chi connectivity index (χ4v) is 1.91. The third-order valence-electron chi connectivity index (χ3n) is 2.11. The van der Waals surface area contributed by atoms with Crippen molar-refractivity contribution in [3.63, 3.8) is 0 Å². The lowest BCUT2D eigenvalue weighted by Gasteiger charge is -2.08. The molecule has 0 bridgehead atoms. The summed E-state index contributed by atoms with van der Waals surface area (Å²) in [6, 6.07) is 1.74. The van der Waals surface area contributed by atoms with Crippen molar-refractivity contribution in [2.24, 2.45) is 7.05 Å². The maximum atomic E-state index is 11.8. The van der Waals surface area contributed by atoms with Gasteiger partial charge in [0.25, 0.3) is 5.56 Å². The van der Waals surface area contributed by atoms with Crippen LogP contribution >= 0.6 is 15.9 Å². The first-order chi connectivity index (χ1) is 7.56. The van der Waals surface area contributed by atoms with E-state index in [2.05, 4.69) is 32.2 Å². The molecular formula is C9H12BrN5O. The van der Waals surface area contributed by atoms with Crippen LogP contribution in [-0.4, -0.2) is 16.6 Å². The lowest BCUT2D eigenvalue weighted by atomic mass is 10.4. The van der Waals surface area contributed by atoms with Gasteiger partial charge in [-0.1, -0.05) is 0 Å². The van der Waals surface area contributed by atoms with Crippen molar-refractivity contribution in [1.82, 2.24) is 20.5 Å². The lowest BCUT2D eigenvalue weighted by Crippen LogP contribution is -2.35. The molecule has 3 N–H and O–H groups in total. The number of nitrogens with zero attached hydrogens (tertiary/aromatic N) is 2. The van der Waals surface area contributed by atoms with Crippen LogP contribution in [0, 0.1) is 0 Å². The van der Waals surface area contributed by atoms with Gasteiger partial charge in [0.2, 0.25) is 0 Å². The van der Waals surface area contributed by atoms with E-state index >= 15 is 0 Å². The molecule has 86 valence electrons. The number of hydrazine groups is 2. The first-order valence-electron chi connectivity index (χ1n) is 4.66. The van der Waals surface area contributed by atoms with Gasteiger partial charge in [0, 0.05) is 24.8 Å². The quantitative estimate of drug-likeness (QED) is 0.730. The average Bonchev–Trinajstić information content (AvgIpc) is 2.60. The van der Waals surface area contributed by atoms with Gasteiger partial charge in [0.15, 0.2) is 0 Å². The summed E-state index contributed by atoms with van der Waals surface area (Å²) in [5.41, 5.74) is 6.15. The largest absolute Gasteiger partial charge is 0.335 e. The Morgan fingerprint density at radius 2 is 2.19 bits per heavy atom. The molecule has 7 heteroatoms. The summed E-state index contributed by atoms with van der Waals surface area (Å²) in [4.78, 5) is 11.8. The molecule has 0 atom stereocenters. The van der Waals surface area contributed by atoms with E-state index < -0.39 is 0 Å². The van der Waals surface area contributed by atoms with Gasteiger partial charge in [0.1, 0.15) is 11.5 Å². The molecule has 0 unspecified atom stereocenters. The molecule has 6 nitrogen and oxygen atoms in total. The van der Waals surface area contributed by atoms with Crippen LogP contribution in [0.4, 0.5) is 5.69 Å². The van der Waals surface area contributed by atoms with Gasteiger partial charge in [-0.15, -0.1) is 5.53 Å². The van der Waals surface area contributed by atoms with E-state index in [-0.39, 0.29) is 5.56 Å². The number of nitrogens with one attached hydrogen (secondary N) is 3. The molecule has 0 aliphatic carbocycles. The van der Waals surface area contributed by atoms with Gasteiger partial charge in [-0.25, -0.2) is 0 Å². The second-order valence-corrected chi connectivity index (χ2v) is 4.42. The SMILES string of the molecule is CN1C=C(Nc2cc(Br)cn(C)c2=O)NN1. The Kier molecular flexibility index (Phi) is 2.88. The average molecular weight is 286 g/mol. The van der Waals surface area contributed by atoms with E-state index in [4.69, 9.17) is 0 Å².